The molecule has 2 aromatic carbocycles. The lowest BCUT2D eigenvalue weighted by Gasteiger charge is -2.24. The lowest BCUT2D eigenvalue weighted by Crippen LogP contribution is -2.43. The largest absolute Gasteiger partial charge is 0.493 e. The van der Waals surface area contributed by atoms with Gasteiger partial charge in [-0.15, -0.1) is 0 Å². The van der Waals surface area contributed by atoms with E-state index in [4.69, 9.17) is 17.0 Å². The molecule has 0 bridgehead atoms. The zero-order chi connectivity index (χ0) is 24.7. The summed E-state index contributed by atoms with van der Waals surface area (Å²) in [6, 6.07) is 13.4. The SMILES string of the molecule is Cc1ccc(C)c(OCCCC(C)(C)C(=O)NC(=S)Nc2ccccc2C(=O)N2CCCC2)c1. The number of hydrogen-bond donors (Lipinski definition) is 2. The molecule has 0 spiro atoms. The fourth-order valence-corrected chi connectivity index (χ4v) is 4.17. The van der Waals surface area contributed by atoms with Crippen LogP contribution in [0, 0.1) is 19.3 Å². The number of amides is 2. The zero-order valence-electron chi connectivity index (χ0n) is 20.6. The molecule has 7 heteroatoms. The third-order valence-electron chi connectivity index (χ3n) is 6.19. The second kappa shape index (κ2) is 11.5. The second-order valence-corrected chi connectivity index (χ2v) is 9.97. The third kappa shape index (κ3) is 6.79. The minimum absolute atomic E-state index is 0.0149. The topological polar surface area (TPSA) is 70.7 Å². The molecule has 2 aromatic rings. The maximum atomic E-state index is 12.9. The average Bonchev–Trinajstić information content (AvgIpc) is 3.34. The van der Waals surface area contributed by atoms with E-state index in [2.05, 4.69) is 16.7 Å². The third-order valence-corrected chi connectivity index (χ3v) is 6.39. The Morgan fingerprint density at radius 2 is 1.79 bits per heavy atom. The van der Waals surface area contributed by atoms with Gasteiger partial charge in [-0.05, 0) is 81.1 Å². The van der Waals surface area contributed by atoms with Crippen LogP contribution in [-0.4, -0.2) is 41.5 Å². The van der Waals surface area contributed by atoms with Crippen LogP contribution in [0.15, 0.2) is 42.5 Å². The van der Waals surface area contributed by atoms with Crippen molar-refractivity contribution < 1.29 is 14.3 Å². The van der Waals surface area contributed by atoms with E-state index in [1.165, 1.54) is 0 Å². The first-order chi connectivity index (χ1) is 16.2. The van der Waals surface area contributed by atoms with Crippen LogP contribution in [0.25, 0.3) is 0 Å². The van der Waals surface area contributed by atoms with E-state index in [0.29, 0.717) is 24.3 Å². The van der Waals surface area contributed by atoms with E-state index in [0.717, 1.165) is 49.2 Å². The fourth-order valence-electron chi connectivity index (χ4n) is 3.97. The van der Waals surface area contributed by atoms with Gasteiger partial charge in [0.1, 0.15) is 5.75 Å². The predicted octanol–water partition coefficient (Wildman–Crippen LogP) is 5.24. The molecule has 182 valence electrons. The van der Waals surface area contributed by atoms with E-state index in [1.807, 2.05) is 56.9 Å². The Morgan fingerprint density at radius 1 is 1.09 bits per heavy atom. The van der Waals surface area contributed by atoms with Crippen LogP contribution in [0.3, 0.4) is 0 Å². The van der Waals surface area contributed by atoms with Gasteiger partial charge in [0.25, 0.3) is 5.91 Å². The monoisotopic (exact) mass is 481 g/mol. The predicted molar refractivity (Wildman–Crippen MR) is 140 cm³/mol. The minimum atomic E-state index is -0.623. The molecule has 1 aliphatic heterocycles. The Morgan fingerprint density at radius 3 is 2.53 bits per heavy atom. The number of hydrogen-bond acceptors (Lipinski definition) is 4. The summed E-state index contributed by atoms with van der Waals surface area (Å²) in [5, 5.41) is 6.03. The maximum Gasteiger partial charge on any atom is 0.255 e. The molecule has 1 heterocycles. The highest BCUT2D eigenvalue weighted by atomic mass is 32.1. The van der Waals surface area contributed by atoms with Crippen LogP contribution in [0.1, 0.15) is 61.0 Å². The summed E-state index contributed by atoms with van der Waals surface area (Å²) in [4.78, 5) is 27.6. The number of anilines is 1. The summed E-state index contributed by atoms with van der Waals surface area (Å²) < 4.78 is 5.92. The summed E-state index contributed by atoms with van der Waals surface area (Å²) in [6.45, 7) is 9.94. The van der Waals surface area contributed by atoms with Crippen molar-refractivity contribution >= 4 is 34.8 Å². The number of carbonyl (C=O) groups excluding carboxylic acids is 2. The van der Waals surface area contributed by atoms with Crippen LogP contribution < -0.4 is 15.4 Å². The molecule has 0 aromatic heterocycles. The van der Waals surface area contributed by atoms with Crippen molar-refractivity contribution in [1.29, 1.82) is 0 Å². The van der Waals surface area contributed by atoms with Gasteiger partial charge in [0, 0.05) is 18.5 Å². The van der Waals surface area contributed by atoms with Crippen LogP contribution in [0.5, 0.6) is 5.75 Å². The summed E-state index contributed by atoms with van der Waals surface area (Å²) in [7, 11) is 0. The van der Waals surface area contributed by atoms with Crippen molar-refractivity contribution in [2.75, 3.05) is 25.0 Å². The molecular weight excluding hydrogens is 446 g/mol. The number of nitrogens with one attached hydrogen (secondary N) is 2. The standard InChI is InChI=1S/C27H35N3O3S/c1-19-12-13-20(2)23(18-19)33-17-9-14-27(3,4)25(32)29-26(34)28-22-11-6-5-10-21(22)24(31)30-15-7-8-16-30/h5-6,10-13,18H,7-9,14-17H2,1-4H3,(H2,28,29,32,34). The molecule has 2 N–H and O–H groups in total. The number of likely N-dealkylation sites (tertiary alicyclic amines) is 1. The first kappa shape index (κ1) is 25.7. The highest BCUT2D eigenvalue weighted by molar-refractivity contribution is 7.80. The summed E-state index contributed by atoms with van der Waals surface area (Å²) >= 11 is 5.40. The number of thiocarbonyl (C=S) groups is 1. The van der Waals surface area contributed by atoms with Gasteiger partial charge in [0.05, 0.1) is 17.9 Å². The Balaban J connectivity index is 1.51. The number of para-hydroxylation sites is 1. The van der Waals surface area contributed by atoms with Crippen molar-refractivity contribution in [3.8, 4) is 5.75 Å². The Hall–Kier alpha value is -2.93. The number of nitrogens with zero attached hydrogens (tertiary/aromatic N) is 1. The van der Waals surface area contributed by atoms with E-state index in [1.54, 1.807) is 12.1 Å². The van der Waals surface area contributed by atoms with E-state index in [9.17, 15) is 9.59 Å². The van der Waals surface area contributed by atoms with Crippen LogP contribution in [-0.2, 0) is 4.79 Å². The Labute approximate surface area is 208 Å². The summed E-state index contributed by atoms with van der Waals surface area (Å²) in [6.07, 6.45) is 3.44. The Bertz CT molecular complexity index is 1050. The van der Waals surface area contributed by atoms with E-state index < -0.39 is 5.41 Å². The van der Waals surface area contributed by atoms with Crippen molar-refractivity contribution in [1.82, 2.24) is 10.2 Å². The van der Waals surface area contributed by atoms with Crippen LogP contribution in [0.4, 0.5) is 5.69 Å². The van der Waals surface area contributed by atoms with Crippen LogP contribution >= 0.6 is 12.2 Å². The molecule has 3 rings (SSSR count). The number of aryl methyl sites for hydroxylation is 2. The van der Waals surface area contributed by atoms with Gasteiger partial charge >= 0.3 is 0 Å². The number of benzene rings is 2. The van der Waals surface area contributed by atoms with Gasteiger partial charge < -0.3 is 20.3 Å². The number of carbonyl (C=O) groups is 2. The summed E-state index contributed by atoms with van der Waals surface area (Å²) in [5.74, 6) is 0.703. The molecule has 1 fully saturated rings. The molecule has 0 radical (unpaired) electrons. The van der Waals surface area contributed by atoms with Crippen molar-refractivity contribution in [3.05, 3.63) is 59.2 Å². The van der Waals surface area contributed by atoms with Gasteiger partial charge in [-0.3, -0.25) is 9.59 Å². The lowest BCUT2D eigenvalue weighted by atomic mass is 9.87. The Kier molecular flexibility index (Phi) is 8.67. The maximum absolute atomic E-state index is 12.9. The van der Waals surface area contributed by atoms with Gasteiger partial charge in [-0.2, -0.15) is 0 Å². The molecule has 0 aliphatic carbocycles. The van der Waals surface area contributed by atoms with Gasteiger partial charge in [0.2, 0.25) is 5.91 Å². The van der Waals surface area contributed by atoms with Gasteiger partial charge in [0.15, 0.2) is 5.11 Å². The highest BCUT2D eigenvalue weighted by Gasteiger charge is 2.28. The van der Waals surface area contributed by atoms with Gasteiger partial charge in [-0.1, -0.05) is 38.1 Å². The van der Waals surface area contributed by atoms with Crippen LogP contribution in [0.2, 0.25) is 0 Å². The van der Waals surface area contributed by atoms with Crippen molar-refractivity contribution in [2.45, 2.75) is 53.4 Å². The highest BCUT2D eigenvalue weighted by Crippen LogP contribution is 2.25. The average molecular weight is 482 g/mol. The lowest BCUT2D eigenvalue weighted by molar-refractivity contribution is -0.128. The normalized spacial score (nSPS) is 13.5. The van der Waals surface area contributed by atoms with Crippen molar-refractivity contribution in [3.63, 3.8) is 0 Å². The first-order valence-electron chi connectivity index (χ1n) is 11.9. The van der Waals surface area contributed by atoms with E-state index >= 15 is 0 Å². The van der Waals surface area contributed by atoms with Gasteiger partial charge in [-0.25, -0.2) is 0 Å². The smallest absolute Gasteiger partial charge is 0.255 e. The molecular formula is C27H35N3O3S. The number of ether oxygens (including phenoxy) is 1. The molecule has 6 nitrogen and oxygen atoms in total. The van der Waals surface area contributed by atoms with E-state index in [-0.39, 0.29) is 16.9 Å². The second-order valence-electron chi connectivity index (χ2n) is 9.56. The number of rotatable bonds is 8. The molecule has 1 saturated heterocycles. The molecule has 0 saturated carbocycles. The quantitative estimate of drug-likeness (QED) is 0.399. The minimum Gasteiger partial charge on any atom is -0.493 e. The molecule has 0 unspecified atom stereocenters. The first-order valence-corrected chi connectivity index (χ1v) is 12.3. The molecule has 1 aliphatic rings. The summed E-state index contributed by atoms with van der Waals surface area (Å²) in [5.41, 5.74) is 2.79. The van der Waals surface area contributed by atoms with Crippen molar-refractivity contribution in [2.24, 2.45) is 5.41 Å². The molecule has 34 heavy (non-hydrogen) atoms. The molecule has 2 amide bonds. The zero-order valence-corrected chi connectivity index (χ0v) is 21.4. The fraction of sp³-hybridized carbons (Fsp3) is 0.444. The molecule has 0 atom stereocenters.